The summed E-state index contributed by atoms with van der Waals surface area (Å²) in [5, 5.41) is 10.2. The van der Waals surface area contributed by atoms with E-state index >= 15 is 0 Å². The van der Waals surface area contributed by atoms with Crippen LogP contribution in [0.1, 0.15) is 37.4 Å². The highest BCUT2D eigenvalue weighted by Crippen LogP contribution is 2.39. The molecule has 2 unspecified atom stereocenters. The molecule has 1 aromatic heterocycles. The van der Waals surface area contributed by atoms with Crippen molar-refractivity contribution < 1.29 is 9.52 Å². The fourth-order valence-corrected chi connectivity index (χ4v) is 2.35. The second-order valence-electron chi connectivity index (χ2n) is 4.48. The Morgan fingerprint density at radius 1 is 1.62 bits per heavy atom. The second kappa shape index (κ2) is 2.61. The molecule has 1 heterocycles. The zero-order valence-corrected chi connectivity index (χ0v) is 8.42. The van der Waals surface area contributed by atoms with Crippen LogP contribution < -0.4 is 0 Å². The molecule has 0 fully saturated rings. The van der Waals surface area contributed by atoms with Crippen LogP contribution in [0.5, 0.6) is 0 Å². The molecule has 13 heavy (non-hydrogen) atoms. The third-order valence-electron chi connectivity index (χ3n) is 2.79. The molecule has 1 N–H and O–H groups in total. The number of rotatable bonds is 0. The molecule has 2 nitrogen and oxygen atoms in total. The Labute approximate surface area is 78.6 Å². The normalized spacial score (nSPS) is 33.1. The van der Waals surface area contributed by atoms with Crippen LogP contribution in [0, 0.1) is 12.8 Å². The molecule has 0 bridgehead atoms. The molecule has 1 aliphatic carbocycles. The van der Waals surface area contributed by atoms with Crippen LogP contribution in [-0.4, -0.2) is 5.11 Å². The molecule has 0 radical (unpaired) electrons. The highest BCUT2D eigenvalue weighted by Gasteiger charge is 2.35. The Morgan fingerprint density at radius 2 is 2.31 bits per heavy atom. The first-order chi connectivity index (χ1) is 5.99. The van der Waals surface area contributed by atoms with Crippen molar-refractivity contribution in [1.29, 1.82) is 0 Å². The fourth-order valence-electron chi connectivity index (χ4n) is 2.35. The summed E-state index contributed by atoms with van der Waals surface area (Å²) >= 11 is 0. The first-order valence-electron chi connectivity index (χ1n) is 4.81. The van der Waals surface area contributed by atoms with Crippen molar-refractivity contribution in [2.45, 2.75) is 39.2 Å². The van der Waals surface area contributed by atoms with E-state index in [1.54, 1.807) is 0 Å². The molecular formula is C11H16O2. The van der Waals surface area contributed by atoms with Gasteiger partial charge in [-0.1, -0.05) is 6.92 Å². The first kappa shape index (κ1) is 8.82. The van der Waals surface area contributed by atoms with Gasteiger partial charge in [0.05, 0.1) is 5.60 Å². The summed E-state index contributed by atoms with van der Waals surface area (Å²) in [5.74, 6) is 2.38. The SMILES string of the molecule is Cc1cc2c(o1)CC(C)CC2(C)O. The highest BCUT2D eigenvalue weighted by atomic mass is 16.3. The van der Waals surface area contributed by atoms with Crippen LogP contribution in [0.15, 0.2) is 10.5 Å². The lowest BCUT2D eigenvalue weighted by Crippen LogP contribution is -2.29. The zero-order chi connectivity index (χ0) is 9.64. The number of hydrogen-bond donors (Lipinski definition) is 1. The van der Waals surface area contributed by atoms with Gasteiger partial charge in [0.2, 0.25) is 0 Å². The van der Waals surface area contributed by atoms with E-state index in [9.17, 15) is 5.11 Å². The van der Waals surface area contributed by atoms with Gasteiger partial charge < -0.3 is 9.52 Å². The van der Waals surface area contributed by atoms with Gasteiger partial charge >= 0.3 is 0 Å². The van der Waals surface area contributed by atoms with Gasteiger partial charge in [0.15, 0.2) is 0 Å². The number of aliphatic hydroxyl groups is 1. The lowest BCUT2D eigenvalue weighted by atomic mass is 9.79. The zero-order valence-electron chi connectivity index (χ0n) is 8.42. The minimum Gasteiger partial charge on any atom is -0.466 e. The van der Waals surface area contributed by atoms with Gasteiger partial charge in [-0.05, 0) is 32.3 Å². The van der Waals surface area contributed by atoms with Crippen LogP contribution in [0.3, 0.4) is 0 Å². The van der Waals surface area contributed by atoms with Crippen molar-refractivity contribution in [2.24, 2.45) is 5.92 Å². The minimum absolute atomic E-state index is 0.507. The summed E-state index contributed by atoms with van der Waals surface area (Å²) in [6.45, 7) is 5.95. The van der Waals surface area contributed by atoms with Gasteiger partial charge in [-0.25, -0.2) is 0 Å². The summed E-state index contributed by atoms with van der Waals surface area (Å²) in [7, 11) is 0. The van der Waals surface area contributed by atoms with E-state index in [0.29, 0.717) is 5.92 Å². The van der Waals surface area contributed by atoms with Gasteiger partial charge in [0.25, 0.3) is 0 Å². The van der Waals surface area contributed by atoms with E-state index in [0.717, 1.165) is 29.9 Å². The van der Waals surface area contributed by atoms with E-state index in [4.69, 9.17) is 4.42 Å². The summed E-state index contributed by atoms with van der Waals surface area (Å²) in [5.41, 5.74) is 0.299. The third-order valence-corrected chi connectivity index (χ3v) is 2.79. The van der Waals surface area contributed by atoms with Crippen LogP contribution in [0.25, 0.3) is 0 Å². The van der Waals surface area contributed by atoms with E-state index in [1.165, 1.54) is 0 Å². The van der Waals surface area contributed by atoms with Crippen LogP contribution in [0.4, 0.5) is 0 Å². The maximum Gasteiger partial charge on any atom is 0.110 e. The highest BCUT2D eigenvalue weighted by molar-refractivity contribution is 5.30. The molecule has 72 valence electrons. The smallest absolute Gasteiger partial charge is 0.110 e. The number of hydrogen-bond acceptors (Lipinski definition) is 2. The van der Waals surface area contributed by atoms with Crippen LogP contribution in [0.2, 0.25) is 0 Å². The maximum absolute atomic E-state index is 10.2. The molecule has 2 heteroatoms. The molecular weight excluding hydrogens is 164 g/mol. The minimum atomic E-state index is -0.690. The van der Waals surface area contributed by atoms with Gasteiger partial charge in [0.1, 0.15) is 11.5 Å². The number of furan rings is 1. The van der Waals surface area contributed by atoms with Crippen molar-refractivity contribution in [3.8, 4) is 0 Å². The molecule has 1 aromatic rings. The van der Waals surface area contributed by atoms with Crippen molar-refractivity contribution in [3.05, 3.63) is 23.2 Å². The van der Waals surface area contributed by atoms with E-state index in [-0.39, 0.29) is 0 Å². The Hall–Kier alpha value is -0.760. The second-order valence-corrected chi connectivity index (χ2v) is 4.48. The van der Waals surface area contributed by atoms with E-state index in [1.807, 2.05) is 19.9 Å². The molecule has 0 aromatic carbocycles. The summed E-state index contributed by atoms with van der Waals surface area (Å²) in [6, 6.07) is 1.96. The average Bonchev–Trinajstić information content (AvgIpc) is 2.28. The molecule has 0 saturated heterocycles. The summed E-state index contributed by atoms with van der Waals surface area (Å²) in [4.78, 5) is 0. The first-order valence-corrected chi connectivity index (χ1v) is 4.81. The molecule has 0 aliphatic heterocycles. The lowest BCUT2D eigenvalue weighted by Gasteiger charge is -2.31. The van der Waals surface area contributed by atoms with E-state index in [2.05, 4.69) is 6.92 Å². The number of fused-ring (bicyclic) bond motifs is 1. The van der Waals surface area contributed by atoms with Gasteiger partial charge in [-0.2, -0.15) is 0 Å². The topological polar surface area (TPSA) is 33.4 Å². The van der Waals surface area contributed by atoms with Gasteiger partial charge in [0, 0.05) is 12.0 Å². The van der Waals surface area contributed by atoms with Crippen molar-refractivity contribution >= 4 is 0 Å². The summed E-state index contributed by atoms with van der Waals surface area (Å²) in [6.07, 6.45) is 1.79. The molecule has 0 spiro atoms. The molecule has 0 saturated carbocycles. The maximum atomic E-state index is 10.2. The molecule has 2 rings (SSSR count). The Bertz CT molecular complexity index is 323. The Kier molecular flexibility index (Phi) is 1.77. The standard InChI is InChI=1S/C11H16O2/c1-7-4-10-9(5-8(2)13-10)11(3,12)6-7/h5,7,12H,4,6H2,1-3H3. The van der Waals surface area contributed by atoms with Gasteiger partial charge in [-0.15, -0.1) is 0 Å². The van der Waals surface area contributed by atoms with Crippen molar-refractivity contribution in [1.82, 2.24) is 0 Å². The van der Waals surface area contributed by atoms with E-state index < -0.39 is 5.60 Å². The Balaban J connectivity index is 2.49. The van der Waals surface area contributed by atoms with Crippen LogP contribution >= 0.6 is 0 Å². The molecule has 1 aliphatic rings. The van der Waals surface area contributed by atoms with Crippen molar-refractivity contribution in [2.75, 3.05) is 0 Å². The van der Waals surface area contributed by atoms with Gasteiger partial charge in [-0.3, -0.25) is 0 Å². The number of aryl methyl sites for hydroxylation is 1. The molecule has 2 atom stereocenters. The predicted octanol–water partition coefficient (Wildman–Crippen LogP) is 2.38. The Morgan fingerprint density at radius 3 is 3.00 bits per heavy atom. The summed E-state index contributed by atoms with van der Waals surface area (Å²) < 4.78 is 5.55. The lowest BCUT2D eigenvalue weighted by molar-refractivity contribution is 0.0205. The quantitative estimate of drug-likeness (QED) is 0.665. The predicted molar refractivity (Wildman–Crippen MR) is 50.5 cm³/mol. The monoisotopic (exact) mass is 180 g/mol. The largest absolute Gasteiger partial charge is 0.466 e. The van der Waals surface area contributed by atoms with Crippen molar-refractivity contribution in [3.63, 3.8) is 0 Å². The molecule has 0 amide bonds. The average molecular weight is 180 g/mol. The fraction of sp³-hybridized carbons (Fsp3) is 0.636. The van der Waals surface area contributed by atoms with Crippen LogP contribution in [-0.2, 0) is 12.0 Å². The third kappa shape index (κ3) is 1.39.